The Bertz CT molecular complexity index is 6860. The van der Waals surface area contributed by atoms with Crippen LogP contribution in [0.3, 0.4) is 0 Å². The van der Waals surface area contributed by atoms with Crippen LogP contribution < -0.4 is 22.8 Å². The number of pyridine rings is 10. The van der Waals surface area contributed by atoms with E-state index in [1.165, 1.54) is 67.3 Å². The molecule has 15 heterocycles. The van der Waals surface area contributed by atoms with E-state index in [2.05, 4.69) is 239 Å². The highest BCUT2D eigenvalue weighted by Gasteiger charge is 2.24. The van der Waals surface area contributed by atoms with Gasteiger partial charge in [0.2, 0.25) is 39.9 Å². The maximum atomic E-state index is 8.34. The Kier molecular flexibility index (Phi) is 19.2. The van der Waals surface area contributed by atoms with Crippen molar-refractivity contribution in [1.82, 2.24) is 24.9 Å². The minimum absolute atomic E-state index is 0.0969. The largest absolute Gasteiger partial charge is 0.456 e. The molecule has 0 amide bonds. The van der Waals surface area contributed by atoms with Crippen LogP contribution in [-0.4, -0.2) is 24.9 Å². The number of benzene rings is 5. The van der Waals surface area contributed by atoms with Crippen molar-refractivity contribution < 1.29 is 47.7 Å². The van der Waals surface area contributed by atoms with Crippen molar-refractivity contribution in [2.75, 3.05) is 0 Å². The van der Waals surface area contributed by atoms with Crippen LogP contribution in [0.5, 0.6) is 0 Å². The van der Waals surface area contributed by atoms with Gasteiger partial charge in [0, 0.05) is 169 Å². The minimum Gasteiger partial charge on any atom is -0.456 e. The topological polar surface area (TPSA) is 150 Å². The fourth-order valence-electron chi connectivity index (χ4n) is 15.3. The maximum Gasteiger partial charge on any atom is 0.227 e. The lowest BCUT2D eigenvalue weighted by molar-refractivity contribution is -0.660. The second-order valence-electron chi connectivity index (χ2n) is 29.9. The predicted molar refractivity (Wildman–Crippen MR) is 452 cm³/mol. The Balaban J connectivity index is 0.000000108. The summed E-state index contributed by atoms with van der Waals surface area (Å²) in [5, 5.41) is 9.76. The van der Waals surface area contributed by atoms with Gasteiger partial charge < -0.3 is 22.1 Å². The molecule has 0 N–H and O–H groups in total. The smallest absolute Gasteiger partial charge is 0.227 e. The van der Waals surface area contributed by atoms with Gasteiger partial charge in [-0.25, -0.2) is 37.8 Å². The number of aromatic nitrogens is 10. The van der Waals surface area contributed by atoms with Gasteiger partial charge >= 0.3 is 0 Å². The summed E-state index contributed by atoms with van der Waals surface area (Å²) in [5.41, 5.74) is 31.3. The standard InChI is InChI=1S/C22H23N2O.4C19H17N2O/c1-14(2)11-16-9-10-20(24(4)13-16)18-12-19-17-7-5-6-8-21(17)25-22(19)23-15(18)3;1-12-10-18-15(19-17(22-18)8-7-13(2)20-19)11-14(12)16-6-4-5-9-21(16)3;1-12-10-18-16(14-8-7-13(2)20-19(14)22-18)11-15(12)17-6-4-5-9-21(17)3;1-12-8-18-15(16-11-20-13(2)9-19(16)22-18)10-14(12)17-6-4-5-7-21(17)3;1-12-8-18-16(15-9-13(2)20-11-19(15)22-18)10-14(12)17-6-4-5-7-21(17)3/h5-10,12-14H,11H2,1-4H3;4*4-11H,1-3H3/q5*+1/i11D2;;;;. The minimum atomic E-state index is -1.37. The quantitative estimate of drug-likeness (QED) is 0.141. The molecule has 0 saturated heterocycles. The van der Waals surface area contributed by atoms with Gasteiger partial charge in [0.1, 0.15) is 74.3 Å². The molecule has 0 bridgehead atoms. The SMILES string of the molecule is Cc1cc2c(cn1)oc1cc(C)c(-c3cccc[n+]3C)cc12.Cc1cc2oc3cc(C)c(-c4cccc[n+]4C)cc3c2cn1.Cc1ccc2c(n1)oc1cc(C)c(-c3cccc[n+]3C)cc12.Cc1ccc2oc3cc(C)c(-c4cccc[n+]4C)cc3c2n1.[2H]C([2H])(c1ccc(-c2cc3c(nc2C)oc2ccccc23)[n+](C)c1)C(C)C. The maximum absolute atomic E-state index is 8.34. The van der Waals surface area contributed by atoms with Crippen molar-refractivity contribution >= 4 is 110 Å². The number of hydrogen-bond donors (Lipinski definition) is 0. The van der Waals surface area contributed by atoms with Crippen LogP contribution in [0.2, 0.25) is 0 Å². The Labute approximate surface area is 658 Å². The second-order valence-corrected chi connectivity index (χ2v) is 29.9. The number of para-hydroxylation sites is 1. The van der Waals surface area contributed by atoms with Crippen LogP contribution >= 0.6 is 0 Å². The number of aryl methyl sites for hydroxylation is 14. The summed E-state index contributed by atoms with van der Waals surface area (Å²) >= 11 is 0. The van der Waals surface area contributed by atoms with E-state index in [9.17, 15) is 0 Å². The summed E-state index contributed by atoms with van der Waals surface area (Å²) in [7, 11) is 10.2. The third-order valence-corrected chi connectivity index (χ3v) is 21.1. The Morgan fingerprint density at radius 1 is 0.310 bits per heavy atom. The monoisotopic (exact) mass is 1490 g/mol. The summed E-state index contributed by atoms with van der Waals surface area (Å²) < 4.78 is 56.9. The third kappa shape index (κ3) is 14.7. The zero-order valence-corrected chi connectivity index (χ0v) is 66.7. The highest BCUT2D eigenvalue weighted by Crippen LogP contribution is 2.39. The number of nitrogens with zero attached hydrogens (tertiary/aromatic N) is 10. The first-order chi connectivity index (χ1) is 55.3. The van der Waals surface area contributed by atoms with Crippen molar-refractivity contribution in [3.63, 3.8) is 0 Å². The van der Waals surface area contributed by atoms with Crippen molar-refractivity contribution in [1.29, 1.82) is 0 Å². The Morgan fingerprint density at radius 2 is 0.735 bits per heavy atom. The molecule has 0 atom stereocenters. The van der Waals surface area contributed by atoms with Crippen molar-refractivity contribution in [3.05, 3.63) is 300 Å². The number of furan rings is 5. The molecule has 0 fully saturated rings. The summed E-state index contributed by atoms with van der Waals surface area (Å²) in [5.74, 6) is -0.0969. The molecule has 20 aromatic rings. The Hall–Kier alpha value is -13.4. The van der Waals surface area contributed by atoms with E-state index < -0.39 is 6.37 Å². The molecule has 15 heteroatoms. The van der Waals surface area contributed by atoms with Crippen LogP contribution in [0.25, 0.3) is 166 Å². The van der Waals surface area contributed by atoms with Crippen LogP contribution in [0, 0.1) is 68.2 Å². The Morgan fingerprint density at radius 3 is 1.30 bits per heavy atom. The van der Waals surface area contributed by atoms with Gasteiger partial charge in [-0.1, -0.05) is 32.0 Å². The van der Waals surface area contributed by atoms with Crippen LogP contribution in [0.4, 0.5) is 0 Å². The summed E-state index contributed by atoms with van der Waals surface area (Å²) in [6.45, 7) is 22.2. The molecule has 0 aliphatic carbocycles. The van der Waals surface area contributed by atoms with Gasteiger partial charge in [-0.3, -0.25) is 9.97 Å². The van der Waals surface area contributed by atoms with E-state index in [0.717, 1.165) is 138 Å². The van der Waals surface area contributed by atoms with Gasteiger partial charge in [0.25, 0.3) is 0 Å². The molecular formula is C98H91N10O5+5. The molecule has 15 nitrogen and oxygen atoms in total. The zero-order valence-electron chi connectivity index (χ0n) is 68.7. The highest BCUT2D eigenvalue weighted by atomic mass is 16.4. The van der Waals surface area contributed by atoms with Crippen molar-refractivity contribution in [2.24, 2.45) is 41.2 Å². The third-order valence-electron chi connectivity index (χ3n) is 21.1. The molecule has 558 valence electrons. The van der Waals surface area contributed by atoms with Gasteiger partial charge in [-0.2, -0.15) is 0 Å². The van der Waals surface area contributed by atoms with E-state index in [1.807, 2.05) is 164 Å². The lowest BCUT2D eigenvalue weighted by Gasteiger charge is -2.07. The molecule has 20 rings (SSSR count). The van der Waals surface area contributed by atoms with Gasteiger partial charge in [0.05, 0.1) is 17.5 Å². The predicted octanol–water partition coefficient (Wildman–Crippen LogP) is 21.3. The van der Waals surface area contributed by atoms with E-state index in [-0.39, 0.29) is 5.92 Å². The van der Waals surface area contributed by atoms with Gasteiger partial charge in [-0.05, 0) is 218 Å². The molecule has 0 spiro atoms. The number of hydrogen-bond acceptors (Lipinski definition) is 10. The average Bonchev–Trinajstić information content (AvgIpc) is 1.66. The summed E-state index contributed by atoms with van der Waals surface area (Å²) in [4.78, 5) is 22.5. The zero-order chi connectivity index (χ0) is 80.4. The summed E-state index contributed by atoms with van der Waals surface area (Å²) in [6.07, 6.45) is 12.5. The summed E-state index contributed by atoms with van der Waals surface area (Å²) in [6, 6.07) is 68.4. The van der Waals surface area contributed by atoms with Crippen LogP contribution in [0.1, 0.15) is 72.9 Å². The number of fused-ring (bicyclic) bond motifs is 15. The molecule has 0 unspecified atom stereocenters. The molecule has 0 aliphatic heterocycles. The molecule has 15 aromatic heterocycles. The normalized spacial score (nSPS) is 11.9. The van der Waals surface area contributed by atoms with E-state index in [0.29, 0.717) is 17.0 Å². The van der Waals surface area contributed by atoms with E-state index in [4.69, 9.17) is 24.8 Å². The molecule has 0 aliphatic rings. The molecule has 0 radical (unpaired) electrons. The molecule has 5 aromatic carbocycles. The van der Waals surface area contributed by atoms with E-state index in [1.54, 1.807) is 0 Å². The van der Waals surface area contributed by atoms with Crippen molar-refractivity contribution in [2.45, 2.75) is 82.5 Å². The average molecular weight is 1490 g/mol. The first-order valence-corrected chi connectivity index (χ1v) is 38.1. The molecule has 113 heavy (non-hydrogen) atoms. The fourth-order valence-corrected chi connectivity index (χ4v) is 15.3. The van der Waals surface area contributed by atoms with Crippen molar-refractivity contribution in [3.8, 4) is 56.3 Å². The van der Waals surface area contributed by atoms with Crippen LogP contribution in [-0.2, 0) is 41.6 Å². The van der Waals surface area contributed by atoms with Gasteiger partial charge in [-0.15, -0.1) is 0 Å². The highest BCUT2D eigenvalue weighted by molar-refractivity contribution is 6.09. The van der Waals surface area contributed by atoms with Crippen LogP contribution in [0.15, 0.2) is 266 Å². The fraction of sp³-hybridized carbons (Fsp3) is 0.184. The van der Waals surface area contributed by atoms with E-state index >= 15 is 0 Å². The first-order valence-electron chi connectivity index (χ1n) is 39.1. The molecule has 0 saturated carbocycles. The molecular weight excluding hydrogens is 1400 g/mol. The second kappa shape index (κ2) is 30.5. The number of rotatable bonds is 7. The lowest BCUT2D eigenvalue weighted by Crippen LogP contribution is -2.31. The lowest BCUT2D eigenvalue weighted by atomic mass is 10.0. The van der Waals surface area contributed by atoms with Gasteiger partial charge in [0.15, 0.2) is 42.2 Å². The first kappa shape index (κ1) is 71.2.